The Bertz CT molecular complexity index is 1870. The number of aromatic nitrogens is 1. The van der Waals surface area contributed by atoms with Gasteiger partial charge in [0.2, 0.25) is 0 Å². The van der Waals surface area contributed by atoms with Crippen LogP contribution in [0.15, 0.2) is 90.0 Å². The standard InChI is InChI=1S/C27H22ClFN2O3S.C2HF3O2/c28-25-15-23(8-9-26(25)29)35(32,33)31-16-21(11-12-30)24-14-22(7-10-27(24)31)34-17-18-5-6-19-3-1-2-4-20(19)13-18;3-2(4,5)1(6)7/h1-10,13-16H,11-12,17,30H2;(H,6,7). The second kappa shape index (κ2) is 12.4. The lowest BCUT2D eigenvalue weighted by Gasteiger charge is -2.10. The Hall–Kier alpha value is -4.13. The van der Waals surface area contributed by atoms with Gasteiger partial charge in [0.05, 0.1) is 15.4 Å². The molecular weight excluding hydrogens is 600 g/mol. The molecule has 4 aromatic carbocycles. The molecule has 0 fully saturated rings. The number of halogens is 5. The van der Waals surface area contributed by atoms with E-state index in [0.29, 0.717) is 30.8 Å². The van der Waals surface area contributed by atoms with E-state index in [1.807, 2.05) is 24.3 Å². The van der Waals surface area contributed by atoms with Gasteiger partial charge >= 0.3 is 12.1 Å². The van der Waals surface area contributed by atoms with Crippen molar-refractivity contribution in [2.45, 2.75) is 24.1 Å². The molecule has 42 heavy (non-hydrogen) atoms. The van der Waals surface area contributed by atoms with Crippen LogP contribution in [0.5, 0.6) is 5.75 Å². The number of benzene rings is 4. The molecule has 0 aliphatic carbocycles. The number of carboxylic acid groups (broad SMARTS) is 1. The van der Waals surface area contributed by atoms with Gasteiger partial charge in [-0.15, -0.1) is 0 Å². The van der Waals surface area contributed by atoms with Gasteiger partial charge in [0.25, 0.3) is 10.0 Å². The van der Waals surface area contributed by atoms with Crippen LogP contribution >= 0.6 is 11.6 Å². The van der Waals surface area contributed by atoms with Gasteiger partial charge in [-0.25, -0.2) is 21.6 Å². The summed E-state index contributed by atoms with van der Waals surface area (Å²) in [5, 5.41) is 9.89. The lowest BCUT2D eigenvalue weighted by Crippen LogP contribution is -2.21. The van der Waals surface area contributed by atoms with Gasteiger partial charge in [-0.3, -0.25) is 0 Å². The van der Waals surface area contributed by atoms with Crippen molar-refractivity contribution in [3.63, 3.8) is 0 Å². The molecule has 1 heterocycles. The number of nitrogens with zero attached hydrogens (tertiary/aromatic N) is 1. The zero-order valence-electron chi connectivity index (χ0n) is 21.6. The van der Waals surface area contributed by atoms with Crippen LogP contribution in [0.2, 0.25) is 5.02 Å². The summed E-state index contributed by atoms with van der Waals surface area (Å²) in [6, 6.07) is 22.9. The van der Waals surface area contributed by atoms with Crippen molar-refractivity contribution in [1.82, 2.24) is 3.97 Å². The Kier molecular flexibility index (Phi) is 9.09. The Morgan fingerprint density at radius 2 is 1.67 bits per heavy atom. The Morgan fingerprint density at radius 3 is 2.31 bits per heavy atom. The summed E-state index contributed by atoms with van der Waals surface area (Å²) >= 11 is 5.84. The highest BCUT2D eigenvalue weighted by atomic mass is 35.5. The predicted molar refractivity (Wildman–Crippen MR) is 151 cm³/mol. The van der Waals surface area contributed by atoms with Gasteiger partial charge in [-0.05, 0) is 77.3 Å². The fourth-order valence-corrected chi connectivity index (χ4v) is 5.80. The minimum Gasteiger partial charge on any atom is -0.489 e. The summed E-state index contributed by atoms with van der Waals surface area (Å²) in [5.41, 5.74) is 8.07. The van der Waals surface area contributed by atoms with Crippen LogP contribution in [0.1, 0.15) is 11.1 Å². The molecule has 0 aliphatic heterocycles. The number of rotatable bonds is 7. The molecule has 0 saturated carbocycles. The average molecular weight is 623 g/mol. The summed E-state index contributed by atoms with van der Waals surface area (Å²) in [6.07, 6.45) is -3.05. The second-order valence-electron chi connectivity index (χ2n) is 9.02. The van der Waals surface area contributed by atoms with Crippen molar-refractivity contribution >= 4 is 49.3 Å². The quantitative estimate of drug-likeness (QED) is 0.200. The first kappa shape index (κ1) is 30.8. The fourth-order valence-electron chi connectivity index (χ4n) is 4.13. The minimum absolute atomic E-state index is 0.100. The second-order valence-corrected chi connectivity index (χ2v) is 11.2. The van der Waals surface area contributed by atoms with Crippen molar-refractivity contribution in [1.29, 1.82) is 0 Å². The van der Waals surface area contributed by atoms with Gasteiger partial charge in [0.15, 0.2) is 0 Å². The number of alkyl halides is 3. The maximum absolute atomic E-state index is 13.6. The smallest absolute Gasteiger partial charge is 0.489 e. The number of carboxylic acids is 1. The highest BCUT2D eigenvalue weighted by Crippen LogP contribution is 2.31. The SMILES string of the molecule is NCCc1cn(S(=O)(=O)c2ccc(F)c(Cl)c2)c2ccc(OCc3ccc4ccccc4c3)cc12.O=C(O)C(F)(F)F. The largest absolute Gasteiger partial charge is 0.490 e. The zero-order valence-corrected chi connectivity index (χ0v) is 23.2. The normalized spacial score (nSPS) is 11.8. The first-order valence-corrected chi connectivity index (χ1v) is 14.1. The molecule has 0 unspecified atom stereocenters. The third kappa shape index (κ3) is 6.84. The Labute approximate surface area is 242 Å². The Morgan fingerprint density at radius 1 is 0.976 bits per heavy atom. The molecule has 0 spiro atoms. The fraction of sp³-hybridized carbons (Fsp3) is 0.138. The number of carbonyl (C=O) groups is 1. The maximum Gasteiger partial charge on any atom is 0.490 e. The third-order valence-electron chi connectivity index (χ3n) is 6.15. The number of hydrogen-bond acceptors (Lipinski definition) is 5. The van der Waals surface area contributed by atoms with E-state index in [9.17, 15) is 26.0 Å². The number of nitrogens with two attached hydrogens (primary N) is 1. The lowest BCUT2D eigenvalue weighted by atomic mass is 10.1. The van der Waals surface area contributed by atoms with Crippen LogP contribution in [-0.4, -0.2) is 36.2 Å². The molecule has 1 aromatic heterocycles. The molecule has 0 amide bonds. The first-order valence-electron chi connectivity index (χ1n) is 12.3. The van der Waals surface area contributed by atoms with E-state index >= 15 is 0 Å². The minimum atomic E-state index is -5.08. The van der Waals surface area contributed by atoms with E-state index in [2.05, 4.69) is 24.3 Å². The molecule has 0 saturated heterocycles. The number of aliphatic carboxylic acids is 1. The van der Waals surface area contributed by atoms with Crippen LogP contribution < -0.4 is 10.5 Å². The van der Waals surface area contributed by atoms with Crippen LogP contribution in [-0.2, 0) is 27.8 Å². The Balaban J connectivity index is 0.000000517. The van der Waals surface area contributed by atoms with Crippen LogP contribution in [0, 0.1) is 5.82 Å². The van der Waals surface area contributed by atoms with Crippen molar-refractivity contribution in [3.8, 4) is 5.75 Å². The zero-order chi connectivity index (χ0) is 30.7. The van der Waals surface area contributed by atoms with E-state index in [4.69, 9.17) is 32.0 Å². The molecule has 220 valence electrons. The van der Waals surface area contributed by atoms with Gasteiger partial charge in [0, 0.05) is 11.6 Å². The highest BCUT2D eigenvalue weighted by Gasteiger charge is 2.38. The van der Waals surface area contributed by atoms with E-state index in [1.165, 1.54) is 10.0 Å². The van der Waals surface area contributed by atoms with E-state index < -0.39 is 28.0 Å². The van der Waals surface area contributed by atoms with E-state index in [-0.39, 0.29) is 9.92 Å². The molecule has 13 heteroatoms. The van der Waals surface area contributed by atoms with Gasteiger partial charge < -0.3 is 15.6 Å². The highest BCUT2D eigenvalue weighted by molar-refractivity contribution is 7.90. The summed E-state index contributed by atoms with van der Waals surface area (Å²) < 4.78 is 79.3. The molecule has 5 rings (SSSR count). The maximum atomic E-state index is 13.6. The van der Waals surface area contributed by atoms with Crippen LogP contribution in [0.3, 0.4) is 0 Å². The first-order chi connectivity index (χ1) is 19.8. The number of fused-ring (bicyclic) bond motifs is 2. The van der Waals surface area contributed by atoms with Gasteiger partial charge in [-0.1, -0.05) is 48.0 Å². The number of hydrogen-bond donors (Lipinski definition) is 2. The summed E-state index contributed by atoms with van der Waals surface area (Å²) in [7, 11) is -4.01. The van der Waals surface area contributed by atoms with Crippen LogP contribution in [0.4, 0.5) is 17.6 Å². The molecule has 5 aromatic rings. The third-order valence-corrected chi connectivity index (χ3v) is 8.11. The molecule has 0 atom stereocenters. The lowest BCUT2D eigenvalue weighted by molar-refractivity contribution is -0.192. The van der Waals surface area contributed by atoms with Crippen molar-refractivity contribution in [3.05, 3.63) is 107 Å². The molecule has 3 N–H and O–H groups in total. The molecular formula is C29H23ClF4N2O5S. The predicted octanol–water partition coefficient (Wildman–Crippen LogP) is 6.54. The van der Waals surface area contributed by atoms with Gasteiger partial charge in [-0.2, -0.15) is 13.2 Å². The summed E-state index contributed by atoms with van der Waals surface area (Å²) in [6.45, 7) is 0.722. The van der Waals surface area contributed by atoms with Gasteiger partial charge in [0.1, 0.15) is 18.2 Å². The molecule has 7 nitrogen and oxygen atoms in total. The molecule has 0 radical (unpaired) electrons. The molecule has 0 aliphatic rings. The monoisotopic (exact) mass is 622 g/mol. The van der Waals surface area contributed by atoms with Crippen LogP contribution in [0.25, 0.3) is 21.7 Å². The molecule has 0 bridgehead atoms. The van der Waals surface area contributed by atoms with Crippen molar-refractivity contribution < 1.29 is 40.6 Å². The summed E-state index contributed by atoms with van der Waals surface area (Å²) in [5.74, 6) is -2.82. The van der Waals surface area contributed by atoms with E-state index in [1.54, 1.807) is 18.3 Å². The topological polar surface area (TPSA) is 112 Å². The summed E-state index contributed by atoms with van der Waals surface area (Å²) in [4.78, 5) is 8.80. The van der Waals surface area contributed by atoms with Crippen molar-refractivity contribution in [2.24, 2.45) is 5.73 Å². The number of ether oxygens (including phenoxy) is 1. The van der Waals surface area contributed by atoms with Crippen molar-refractivity contribution in [2.75, 3.05) is 6.54 Å². The average Bonchev–Trinajstić information content (AvgIpc) is 3.31. The van der Waals surface area contributed by atoms with E-state index in [0.717, 1.165) is 39.4 Å².